The van der Waals surface area contributed by atoms with Crippen molar-refractivity contribution in [1.29, 1.82) is 0 Å². The van der Waals surface area contributed by atoms with E-state index in [1.54, 1.807) is 25.7 Å². The van der Waals surface area contributed by atoms with Gasteiger partial charge in [-0.2, -0.15) is 0 Å². The van der Waals surface area contributed by atoms with Crippen molar-refractivity contribution in [3.8, 4) is 0 Å². The molecule has 0 saturated heterocycles. The summed E-state index contributed by atoms with van der Waals surface area (Å²) in [6, 6.07) is 0. The van der Waals surface area contributed by atoms with Crippen LogP contribution in [0.3, 0.4) is 0 Å². The normalized spacial score (nSPS) is 11.0. The number of hydrogen-bond donors (Lipinski definition) is 0. The molecule has 1 atom stereocenters. The van der Waals surface area contributed by atoms with Gasteiger partial charge in [-0.25, -0.2) is 4.79 Å². The molecule has 0 aromatic carbocycles. The summed E-state index contributed by atoms with van der Waals surface area (Å²) in [7, 11) is 3.69. The average molecular weight is 245 g/mol. The first-order valence-corrected chi connectivity index (χ1v) is 5.38. The smallest absolute Gasteiger partial charge is 0.334 e. The fourth-order valence-corrected chi connectivity index (χ4v) is 0.564. The topological polar surface area (TPSA) is 55.8 Å². The summed E-state index contributed by atoms with van der Waals surface area (Å²) >= 11 is 0. The lowest BCUT2D eigenvalue weighted by atomic mass is 10.4. The van der Waals surface area contributed by atoms with Crippen LogP contribution in [0.25, 0.3) is 0 Å². The Morgan fingerprint density at radius 3 is 1.94 bits per heavy atom. The summed E-state index contributed by atoms with van der Waals surface area (Å²) in [5.41, 5.74) is 0.429. The zero-order valence-electron chi connectivity index (χ0n) is 11.6. The molecule has 100 valence electrons. The van der Waals surface area contributed by atoms with Crippen molar-refractivity contribution in [2.45, 2.75) is 33.9 Å². The van der Waals surface area contributed by atoms with E-state index in [9.17, 15) is 9.59 Å². The van der Waals surface area contributed by atoms with Gasteiger partial charge in [-0.3, -0.25) is 9.69 Å². The second-order valence-electron chi connectivity index (χ2n) is 3.67. The summed E-state index contributed by atoms with van der Waals surface area (Å²) in [5, 5.41) is 0. The summed E-state index contributed by atoms with van der Waals surface area (Å²) in [6.45, 7) is 10.6. The lowest BCUT2D eigenvalue weighted by Crippen LogP contribution is -2.30. The third-order valence-electron chi connectivity index (χ3n) is 1.70. The number of rotatable bonds is 4. The van der Waals surface area contributed by atoms with Crippen molar-refractivity contribution in [3.05, 3.63) is 12.2 Å². The first-order chi connectivity index (χ1) is 7.72. The van der Waals surface area contributed by atoms with Gasteiger partial charge in [-0.1, -0.05) is 6.58 Å². The van der Waals surface area contributed by atoms with Gasteiger partial charge in [0.1, 0.15) is 0 Å². The lowest BCUT2D eigenvalue weighted by Gasteiger charge is -2.19. The van der Waals surface area contributed by atoms with E-state index in [0.29, 0.717) is 12.2 Å². The van der Waals surface area contributed by atoms with E-state index in [1.807, 2.05) is 14.1 Å². The van der Waals surface area contributed by atoms with Crippen LogP contribution >= 0.6 is 0 Å². The third-order valence-corrected chi connectivity index (χ3v) is 1.70. The van der Waals surface area contributed by atoms with E-state index < -0.39 is 0 Å². The standard InChI is InChI=1S/C8H15NO2.C4H8O2/c1-6(2)8(10)11-7(3)9(4)5;1-3-6-4(2)5/h7H,1H2,2-5H3;3H2,1-2H3. The molecule has 0 bridgehead atoms. The van der Waals surface area contributed by atoms with Crippen LogP contribution in [-0.4, -0.2) is 43.8 Å². The Morgan fingerprint density at radius 2 is 1.76 bits per heavy atom. The highest BCUT2D eigenvalue weighted by Gasteiger charge is 2.10. The number of ether oxygens (including phenoxy) is 2. The molecule has 0 amide bonds. The van der Waals surface area contributed by atoms with Crippen LogP contribution in [0.15, 0.2) is 12.2 Å². The number of carbonyl (C=O) groups excluding carboxylic acids is 2. The second kappa shape index (κ2) is 9.84. The summed E-state index contributed by atoms with van der Waals surface area (Å²) in [6.07, 6.45) is -0.195. The molecule has 0 fully saturated rings. The van der Waals surface area contributed by atoms with E-state index >= 15 is 0 Å². The van der Waals surface area contributed by atoms with Gasteiger partial charge in [-0.05, 0) is 34.9 Å². The summed E-state index contributed by atoms with van der Waals surface area (Å²) in [4.78, 5) is 22.5. The quantitative estimate of drug-likeness (QED) is 0.427. The average Bonchev–Trinajstić information content (AvgIpc) is 2.17. The minimum absolute atomic E-state index is 0.195. The van der Waals surface area contributed by atoms with Crippen LogP contribution in [0, 0.1) is 0 Å². The van der Waals surface area contributed by atoms with Gasteiger partial charge in [0.25, 0.3) is 0 Å². The molecule has 0 spiro atoms. The molecule has 5 nitrogen and oxygen atoms in total. The van der Waals surface area contributed by atoms with Gasteiger partial charge in [0, 0.05) is 12.5 Å². The SMILES string of the molecule is C=C(C)C(=O)OC(C)N(C)C.CCOC(C)=O. The number of esters is 2. The predicted molar refractivity (Wildman–Crippen MR) is 66.4 cm³/mol. The Labute approximate surface area is 103 Å². The molecule has 0 radical (unpaired) electrons. The monoisotopic (exact) mass is 245 g/mol. The van der Waals surface area contributed by atoms with E-state index in [-0.39, 0.29) is 18.2 Å². The Hall–Kier alpha value is -1.36. The van der Waals surface area contributed by atoms with Crippen molar-refractivity contribution in [2.24, 2.45) is 0 Å². The maximum atomic E-state index is 10.9. The first kappa shape index (κ1) is 18.0. The summed E-state index contributed by atoms with van der Waals surface area (Å²) in [5.74, 6) is -0.552. The highest BCUT2D eigenvalue weighted by Crippen LogP contribution is 1.99. The molecule has 0 aliphatic rings. The number of carbonyl (C=O) groups is 2. The molecule has 0 aliphatic carbocycles. The van der Waals surface area contributed by atoms with Crippen LogP contribution < -0.4 is 0 Å². The predicted octanol–water partition coefficient (Wildman–Crippen LogP) is 1.58. The molecule has 5 heteroatoms. The maximum absolute atomic E-state index is 10.9. The highest BCUT2D eigenvalue weighted by molar-refractivity contribution is 5.87. The minimum atomic E-state index is -0.341. The van der Waals surface area contributed by atoms with Gasteiger partial charge in [-0.15, -0.1) is 0 Å². The van der Waals surface area contributed by atoms with Crippen molar-refractivity contribution >= 4 is 11.9 Å². The molecule has 0 N–H and O–H groups in total. The number of hydrogen-bond acceptors (Lipinski definition) is 5. The van der Waals surface area contributed by atoms with Crippen molar-refractivity contribution in [1.82, 2.24) is 4.90 Å². The van der Waals surface area contributed by atoms with E-state index in [4.69, 9.17) is 4.74 Å². The van der Waals surface area contributed by atoms with Crippen LogP contribution in [0.2, 0.25) is 0 Å². The molecular weight excluding hydrogens is 222 g/mol. The Morgan fingerprint density at radius 1 is 1.29 bits per heavy atom. The number of nitrogens with zero attached hydrogens (tertiary/aromatic N) is 1. The minimum Gasteiger partial charge on any atom is -0.466 e. The molecule has 0 aromatic rings. The van der Waals surface area contributed by atoms with E-state index in [0.717, 1.165) is 0 Å². The Bertz CT molecular complexity index is 261. The zero-order valence-corrected chi connectivity index (χ0v) is 11.6. The largest absolute Gasteiger partial charge is 0.466 e. The second-order valence-corrected chi connectivity index (χ2v) is 3.67. The fourth-order valence-electron chi connectivity index (χ4n) is 0.564. The van der Waals surface area contributed by atoms with Gasteiger partial charge in [0.2, 0.25) is 0 Å². The molecule has 0 aliphatic heterocycles. The highest BCUT2D eigenvalue weighted by atomic mass is 16.6. The third kappa shape index (κ3) is 12.6. The van der Waals surface area contributed by atoms with Crippen molar-refractivity contribution < 1.29 is 19.1 Å². The van der Waals surface area contributed by atoms with E-state index in [2.05, 4.69) is 11.3 Å². The van der Waals surface area contributed by atoms with Gasteiger partial charge >= 0.3 is 11.9 Å². The molecule has 1 unspecified atom stereocenters. The Balaban J connectivity index is 0. The maximum Gasteiger partial charge on any atom is 0.334 e. The van der Waals surface area contributed by atoms with Gasteiger partial charge in [0.15, 0.2) is 6.23 Å². The van der Waals surface area contributed by atoms with Crippen molar-refractivity contribution in [3.63, 3.8) is 0 Å². The van der Waals surface area contributed by atoms with Gasteiger partial charge in [0.05, 0.1) is 6.61 Å². The van der Waals surface area contributed by atoms with E-state index in [1.165, 1.54) is 6.92 Å². The molecule has 0 rings (SSSR count). The van der Waals surface area contributed by atoms with Crippen LogP contribution in [-0.2, 0) is 19.1 Å². The van der Waals surface area contributed by atoms with Crippen LogP contribution in [0.1, 0.15) is 27.7 Å². The first-order valence-electron chi connectivity index (χ1n) is 5.38. The fraction of sp³-hybridized carbons (Fsp3) is 0.667. The lowest BCUT2D eigenvalue weighted by molar-refractivity contribution is -0.150. The van der Waals surface area contributed by atoms with Crippen LogP contribution in [0.5, 0.6) is 0 Å². The molecule has 17 heavy (non-hydrogen) atoms. The summed E-state index contributed by atoms with van der Waals surface area (Å²) < 4.78 is 9.36. The Kier molecular flexibility index (Phi) is 10.4. The molecule has 0 saturated carbocycles. The molecule has 0 heterocycles. The van der Waals surface area contributed by atoms with Gasteiger partial charge < -0.3 is 9.47 Å². The zero-order chi connectivity index (χ0) is 14.0. The molecule has 0 aromatic heterocycles. The molecular formula is C12H23NO4. The van der Waals surface area contributed by atoms with Crippen molar-refractivity contribution in [2.75, 3.05) is 20.7 Å². The van der Waals surface area contributed by atoms with Crippen LogP contribution in [0.4, 0.5) is 0 Å².